The second kappa shape index (κ2) is 19.2. The zero-order chi connectivity index (χ0) is 34.4. The topological polar surface area (TPSA) is 230 Å². The fourth-order valence-corrected chi connectivity index (χ4v) is 5.06. The van der Waals surface area contributed by atoms with Gasteiger partial charge in [0.15, 0.2) is 5.71 Å². The molecule has 0 saturated carbocycles. The van der Waals surface area contributed by atoms with E-state index in [-0.39, 0.29) is 151 Å². The van der Waals surface area contributed by atoms with Crippen LogP contribution >= 0.6 is 0 Å². The first-order valence-electron chi connectivity index (χ1n) is 13.6. The number of H-pyrrole nitrogens is 1. The number of ether oxygens (including phenoxy) is 1. The van der Waals surface area contributed by atoms with Crippen LogP contribution in [0, 0.1) is 0 Å². The van der Waals surface area contributed by atoms with Crippen molar-refractivity contribution in [2.24, 2.45) is 5.10 Å². The number of aromatic amines is 1. The summed E-state index contributed by atoms with van der Waals surface area (Å²) >= 11 is 0. The van der Waals surface area contributed by atoms with Crippen molar-refractivity contribution in [1.82, 2.24) is 9.78 Å². The van der Waals surface area contributed by atoms with Gasteiger partial charge >= 0.3 is 109 Å². The van der Waals surface area contributed by atoms with Gasteiger partial charge in [0.1, 0.15) is 26.8 Å². The van der Waals surface area contributed by atoms with Gasteiger partial charge in [0.2, 0.25) is 0 Å². The van der Waals surface area contributed by atoms with Gasteiger partial charge in [-0.05, 0) is 74.5 Å². The van der Waals surface area contributed by atoms with Crippen LogP contribution in [-0.2, 0) is 50.9 Å². The largest absolute Gasteiger partial charge is 1.00 e. The number of benzene rings is 2. The van der Waals surface area contributed by atoms with E-state index >= 15 is 0 Å². The predicted octanol–water partition coefficient (Wildman–Crippen LogP) is -4.09. The number of hydrazone groups is 1. The summed E-state index contributed by atoms with van der Waals surface area (Å²) in [5.74, 6) is -1.62. The predicted molar refractivity (Wildman–Crippen MR) is 163 cm³/mol. The molecule has 4 rings (SSSR count). The van der Waals surface area contributed by atoms with E-state index in [0.717, 1.165) is 34.0 Å². The smallest absolute Gasteiger partial charge is 0.744 e. The van der Waals surface area contributed by atoms with E-state index in [1.165, 1.54) is 54.6 Å². The quantitative estimate of drug-likeness (QED) is 0.0256. The monoisotopic (exact) mass is 764 g/mol. The van der Waals surface area contributed by atoms with Crippen molar-refractivity contribution in [1.29, 1.82) is 0 Å². The number of nitrogens with one attached hydrogen (secondary N) is 1. The van der Waals surface area contributed by atoms with Crippen LogP contribution in [0.5, 0.6) is 0 Å². The maximum atomic E-state index is 13.2. The van der Waals surface area contributed by atoms with Crippen LogP contribution in [0.15, 0.2) is 98.1 Å². The van der Waals surface area contributed by atoms with E-state index in [4.69, 9.17) is 14.5 Å². The van der Waals surface area contributed by atoms with Gasteiger partial charge in [0.05, 0.1) is 51.2 Å². The molecule has 16 nitrogen and oxygen atoms in total. The number of hydrogen-bond acceptors (Lipinski definition) is 13. The first-order chi connectivity index (χ1) is 22.3. The van der Waals surface area contributed by atoms with E-state index < -0.39 is 47.5 Å². The average Bonchev–Trinajstić information content (AvgIpc) is 3.52. The zero-order valence-corrected chi connectivity index (χ0v) is 34.6. The summed E-state index contributed by atoms with van der Waals surface area (Å²) in [5.41, 5.74) is -0.248. The Morgan fingerprint density at radius 2 is 1.41 bits per heavy atom. The number of nitrogens with zero attached hydrogens (tertiary/aromatic N) is 3. The molecule has 0 atom stereocenters. The molecule has 0 saturated heterocycles. The van der Waals surface area contributed by atoms with Crippen LogP contribution in [0.1, 0.15) is 25.1 Å². The number of anilines is 1. The first kappa shape index (κ1) is 43.5. The molecule has 2 aromatic carbocycles. The Morgan fingerprint density at radius 1 is 0.837 bits per heavy atom. The molecule has 0 radical (unpaired) electrons. The normalized spacial score (nSPS) is 14.3. The molecular formula is C29H26K2N4O12S2. The Bertz CT molecular complexity index is 2070. The van der Waals surface area contributed by atoms with Gasteiger partial charge in [-0.15, -0.1) is 0 Å². The number of esters is 1. The van der Waals surface area contributed by atoms with Crippen molar-refractivity contribution in [2.75, 3.05) is 18.2 Å². The number of carbonyl (C=O) groups excluding carboxylic acids is 2. The van der Waals surface area contributed by atoms with Crippen LogP contribution in [-0.4, -0.2) is 66.5 Å². The Morgan fingerprint density at radius 3 is 1.94 bits per heavy atom. The summed E-state index contributed by atoms with van der Waals surface area (Å²) < 4.78 is 73.7. The summed E-state index contributed by atoms with van der Waals surface area (Å²) in [7, 11) is -9.41. The van der Waals surface area contributed by atoms with E-state index in [0.29, 0.717) is 5.69 Å². The zero-order valence-electron chi connectivity index (χ0n) is 26.7. The number of hydrogen-bond donors (Lipinski definition) is 1. The Labute approximate surface area is 366 Å². The third kappa shape index (κ3) is 11.1. The molecule has 2 heterocycles. The van der Waals surface area contributed by atoms with Crippen molar-refractivity contribution in [3.8, 4) is 5.69 Å². The molecule has 1 aromatic heterocycles. The maximum absolute atomic E-state index is 13.2. The van der Waals surface area contributed by atoms with Crippen molar-refractivity contribution >= 4 is 49.6 Å². The minimum atomic E-state index is -4.72. The van der Waals surface area contributed by atoms with Crippen molar-refractivity contribution in [3.63, 3.8) is 0 Å². The second-order valence-electron chi connectivity index (χ2n) is 9.32. The number of rotatable bonds is 13. The minimum Gasteiger partial charge on any atom is -0.744 e. The summed E-state index contributed by atoms with van der Waals surface area (Å²) in [6.07, 6.45) is 7.04. The van der Waals surface area contributed by atoms with E-state index in [9.17, 15) is 40.3 Å². The molecule has 20 heteroatoms. The summed E-state index contributed by atoms with van der Waals surface area (Å²) in [6, 6.07) is 9.08. The van der Waals surface area contributed by atoms with E-state index in [1.54, 1.807) is 13.8 Å². The first-order valence-corrected chi connectivity index (χ1v) is 16.4. The Hall–Kier alpha value is -1.71. The number of aromatic nitrogens is 2. The molecule has 3 aromatic rings. The molecule has 0 spiro atoms. The third-order valence-corrected chi connectivity index (χ3v) is 7.96. The molecule has 1 aliphatic rings. The van der Waals surface area contributed by atoms with Crippen LogP contribution in [0.2, 0.25) is 0 Å². The van der Waals surface area contributed by atoms with Gasteiger partial charge in [0.25, 0.3) is 11.5 Å². The molecule has 0 fully saturated rings. The standard InChI is InChI=1S/C29H28N4O12S2.2K/c1-3-43-29(36)26-24(28(35)33(31-26)20-12-16-22(17-13-20)47(40,41)42)9-7-5-6-8-23-25(18-45-44-4-2)30-32(27(23)34)19-10-14-21(15-11-19)46(37,38)39;;/h5-17,30H,3-4,18H2,1-2H3,(H,37,38,39)(H,40,41,42);;/q;2*+1/p-2/b7-5+,8-6+,24-9+;;. The van der Waals surface area contributed by atoms with E-state index in [1.807, 2.05) is 0 Å². The summed E-state index contributed by atoms with van der Waals surface area (Å²) in [4.78, 5) is 48.0. The fourth-order valence-electron chi connectivity index (χ4n) is 4.12. The maximum Gasteiger partial charge on any atom is 1.00 e. The second-order valence-corrected chi connectivity index (χ2v) is 12.1. The van der Waals surface area contributed by atoms with Gasteiger partial charge in [0, 0.05) is 0 Å². The van der Waals surface area contributed by atoms with Crippen molar-refractivity contribution in [3.05, 3.63) is 100 Å². The molecule has 0 bridgehead atoms. The number of allylic oxidation sites excluding steroid dienone is 4. The summed E-state index contributed by atoms with van der Waals surface area (Å²) in [5, 5.41) is 7.75. The molecule has 0 aliphatic carbocycles. The van der Waals surface area contributed by atoms with Crippen LogP contribution in [0.3, 0.4) is 0 Å². The molecule has 1 amide bonds. The van der Waals surface area contributed by atoms with Crippen molar-refractivity contribution < 1.29 is 153 Å². The molecule has 1 aliphatic heterocycles. The molecule has 248 valence electrons. The SMILES string of the molecule is CCOOCc1[nH]n(-c2ccc(S(=O)(=O)[O-])cc2)c(=O)c1/C=C/C=C/C=C1/C(=O)N(c2ccc(S(=O)(=O)[O-])cc2)N=C1C(=O)OCC.[K+].[K+]. The van der Waals surface area contributed by atoms with Crippen LogP contribution in [0.25, 0.3) is 11.8 Å². The number of carbonyl (C=O) groups is 2. The van der Waals surface area contributed by atoms with Crippen LogP contribution in [0.4, 0.5) is 5.69 Å². The van der Waals surface area contributed by atoms with Gasteiger partial charge in [-0.3, -0.25) is 14.7 Å². The van der Waals surface area contributed by atoms with Crippen molar-refractivity contribution in [2.45, 2.75) is 30.2 Å². The average molecular weight is 765 g/mol. The van der Waals surface area contributed by atoms with Gasteiger partial charge < -0.3 is 13.8 Å². The molecular weight excluding hydrogens is 739 g/mol. The van der Waals surface area contributed by atoms with Gasteiger partial charge in [-0.1, -0.05) is 18.2 Å². The van der Waals surface area contributed by atoms with Crippen LogP contribution < -0.4 is 113 Å². The molecule has 49 heavy (non-hydrogen) atoms. The molecule has 1 N–H and O–H groups in total. The van der Waals surface area contributed by atoms with Gasteiger partial charge in [-0.2, -0.15) is 10.1 Å². The Kier molecular flexibility index (Phi) is 17.0. The third-order valence-electron chi connectivity index (χ3n) is 6.26. The fraction of sp³-hybridized carbons (Fsp3) is 0.172. The van der Waals surface area contributed by atoms with Gasteiger partial charge in [-0.25, -0.2) is 36.1 Å². The molecule has 0 unspecified atom stereocenters. The summed E-state index contributed by atoms with van der Waals surface area (Å²) in [6.45, 7) is 3.34. The Balaban J connectivity index is 0.00000417. The minimum absolute atomic E-state index is 0. The van der Waals surface area contributed by atoms with E-state index in [2.05, 4.69) is 10.2 Å². The number of amides is 1.